The number of nitro benzene ring substituents is 2. The highest BCUT2D eigenvalue weighted by molar-refractivity contribution is 6.09. The summed E-state index contributed by atoms with van der Waals surface area (Å²) in [6.07, 6.45) is 1.85. The van der Waals surface area contributed by atoms with Crippen LogP contribution >= 0.6 is 0 Å². The van der Waals surface area contributed by atoms with E-state index in [9.17, 15) is 25.0 Å². The van der Waals surface area contributed by atoms with Crippen LogP contribution in [0.1, 0.15) is 40.3 Å². The number of nitrogens with zero attached hydrogens (tertiary/aromatic N) is 3. The number of benzene rings is 2. The third-order valence-electron chi connectivity index (χ3n) is 6.03. The molecule has 190 valence electrons. The Labute approximate surface area is 209 Å². The van der Waals surface area contributed by atoms with Crippen molar-refractivity contribution >= 4 is 34.4 Å². The predicted octanol–water partition coefficient (Wildman–Crippen LogP) is 4.58. The first-order valence-electron chi connectivity index (χ1n) is 11.4. The number of anilines is 2. The number of furan rings is 1. The van der Waals surface area contributed by atoms with Gasteiger partial charge in [0.05, 0.1) is 21.6 Å². The normalized spacial score (nSPS) is 15.1. The molecule has 0 bridgehead atoms. The summed E-state index contributed by atoms with van der Waals surface area (Å²) in [5.74, 6) is 1.43. The molecule has 0 saturated heterocycles. The van der Waals surface area contributed by atoms with Crippen LogP contribution < -0.4 is 20.2 Å². The lowest BCUT2D eigenvalue weighted by Gasteiger charge is -2.18. The summed E-state index contributed by atoms with van der Waals surface area (Å²) in [5.41, 5.74) is 4.13. The number of rotatable bonds is 6. The van der Waals surface area contributed by atoms with Crippen LogP contribution in [-0.2, 0) is 6.42 Å². The molecule has 2 heterocycles. The Morgan fingerprint density at radius 1 is 1.00 bits per heavy atom. The Kier molecular flexibility index (Phi) is 6.17. The second-order valence-corrected chi connectivity index (χ2v) is 8.41. The molecule has 5 rings (SSSR count). The van der Waals surface area contributed by atoms with Gasteiger partial charge in [-0.3, -0.25) is 30.4 Å². The van der Waals surface area contributed by atoms with Crippen LogP contribution in [0, 0.1) is 27.2 Å². The molecular weight excluding hydrogens is 486 g/mol. The minimum Gasteiger partial charge on any atom is -0.486 e. The quantitative estimate of drug-likeness (QED) is 0.358. The fraction of sp³-hybridized carbons (Fsp3) is 0.250. The van der Waals surface area contributed by atoms with Crippen molar-refractivity contribution in [3.63, 3.8) is 0 Å². The van der Waals surface area contributed by atoms with Gasteiger partial charge in [0, 0.05) is 35.4 Å². The zero-order chi connectivity index (χ0) is 26.1. The summed E-state index contributed by atoms with van der Waals surface area (Å²) in [5, 5.41) is 29.6. The number of nitrogens with one attached hydrogen (secondary N) is 2. The van der Waals surface area contributed by atoms with Crippen LogP contribution in [0.5, 0.6) is 11.5 Å². The van der Waals surface area contributed by atoms with Gasteiger partial charge in [0.15, 0.2) is 17.3 Å². The number of carbonyl (C=O) groups is 1. The summed E-state index contributed by atoms with van der Waals surface area (Å²) in [6, 6.07) is 8.37. The van der Waals surface area contributed by atoms with Crippen molar-refractivity contribution in [2.75, 3.05) is 24.0 Å². The number of amides is 1. The molecule has 1 aliphatic heterocycles. The summed E-state index contributed by atoms with van der Waals surface area (Å²) < 4.78 is 17.0. The Morgan fingerprint density at radius 2 is 1.78 bits per heavy atom. The molecule has 13 heteroatoms. The van der Waals surface area contributed by atoms with E-state index in [-0.39, 0.29) is 11.4 Å². The van der Waals surface area contributed by atoms with Crippen molar-refractivity contribution in [2.45, 2.75) is 26.2 Å². The van der Waals surface area contributed by atoms with E-state index in [1.54, 1.807) is 25.1 Å². The first-order valence-corrected chi connectivity index (χ1v) is 11.4. The maximum Gasteiger partial charge on any atom is 0.301 e. The van der Waals surface area contributed by atoms with E-state index in [0.717, 1.165) is 12.1 Å². The molecule has 0 atom stereocenters. The van der Waals surface area contributed by atoms with E-state index in [2.05, 4.69) is 15.8 Å². The molecule has 37 heavy (non-hydrogen) atoms. The highest BCUT2D eigenvalue weighted by Gasteiger charge is 2.29. The lowest BCUT2D eigenvalue weighted by Crippen LogP contribution is -2.17. The topological polar surface area (TPSA) is 171 Å². The van der Waals surface area contributed by atoms with E-state index < -0.39 is 27.1 Å². The number of nitro groups is 2. The van der Waals surface area contributed by atoms with Crippen molar-refractivity contribution < 1.29 is 28.5 Å². The molecule has 2 aliphatic rings. The minimum atomic E-state index is -0.717. The zero-order valence-electron chi connectivity index (χ0n) is 19.6. The fourth-order valence-corrected chi connectivity index (χ4v) is 4.31. The van der Waals surface area contributed by atoms with Crippen LogP contribution in [-0.4, -0.2) is 34.7 Å². The Bertz CT molecular complexity index is 1460. The highest BCUT2D eigenvalue weighted by Crippen LogP contribution is 2.35. The molecule has 1 aromatic heterocycles. The smallest absolute Gasteiger partial charge is 0.301 e. The molecule has 2 aromatic carbocycles. The van der Waals surface area contributed by atoms with Gasteiger partial charge in [-0.25, -0.2) is 0 Å². The molecule has 0 radical (unpaired) electrons. The van der Waals surface area contributed by atoms with Crippen molar-refractivity contribution in [3.05, 3.63) is 79.3 Å². The van der Waals surface area contributed by atoms with Gasteiger partial charge in [-0.15, -0.1) is 0 Å². The highest BCUT2D eigenvalue weighted by atomic mass is 16.6. The summed E-state index contributed by atoms with van der Waals surface area (Å²) in [7, 11) is 0. The fourth-order valence-electron chi connectivity index (χ4n) is 4.31. The number of non-ortho nitro benzene ring substituents is 1. The largest absolute Gasteiger partial charge is 0.486 e. The number of ether oxygens (including phenoxy) is 2. The molecule has 0 unspecified atom stereocenters. The van der Waals surface area contributed by atoms with E-state index in [1.165, 1.54) is 6.07 Å². The monoisotopic (exact) mass is 507 g/mol. The number of hydrogen-bond donors (Lipinski definition) is 2. The first-order chi connectivity index (χ1) is 17.8. The maximum absolute atomic E-state index is 13.1. The number of fused-ring (bicyclic) bond motifs is 2. The number of aryl methyl sites for hydroxylation is 1. The van der Waals surface area contributed by atoms with Crippen molar-refractivity contribution in [2.24, 2.45) is 5.10 Å². The second-order valence-electron chi connectivity index (χ2n) is 8.41. The van der Waals surface area contributed by atoms with E-state index >= 15 is 0 Å². The third-order valence-corrected chi connectivity index (χ3v) is 6.03. The zero-order valence-corrected chi connectivity index (χ0v) is 19.6. The number of hydrazone groups is 1. The van der Waals surface area contributed by atoms with Crippen LogP contribution in [0.3, 0.4) is 0 Å². The molecule has 0 saturated carbocycles. The summed E-state index contributed by atoms with van der Waals surface area (Å²) in [6.45, 7) is 2.63. The molecule has 0 fully saturated rings. The lowest BCUT2D eigenvalue weighted by molar-refractivity contribution is -0.393. The molecule has 1 aliphatic carbocycles. The molecule has 2 N–H and O–H groups in total. The molecule has 0 spiro atoms. The van der Waals surface area contributed by atoms with E-state index in [1.807, 2.05) is 0 Å². The van der Waals surface area contributed by atoms with Gasteiger partial charge in [-0.1, -0.05) is 0 Å². The van der Waals surface area contributed by atoms with Gasteiger partial charge in [-0.2, -0.15) is 5.10 Å². The summed E-state index contributed by atoms with van der Waals surface area (Å²) >= 11 is 0. The van der Waals surface area contributed by atoms with Crippen molar-refractivity contribution in [3.8, 4) is 11.5 Å². The van der Waals surface area contributed by atoms with E-state index in [4.69, 9.17) is 13.9 Å². The van der Waals surface area contributed by atoms with Gasteiger partial charge in [-0.05, 0) is 38.0 Å². The summed E-state index contributed by atoms with van der Waals surface area (Å²) in [4.78, 5) is 34.0. The standard InChI is InChI=1S/C24H21N5O8/c1-13-22-17(27-26-16-7-6-15(28(31)32)12-18(16)29(33)34)3-2-4-20(22)37-23(13)24(30)25-14-5-8-19-21(11-14)36-10-9-35-19/h5-8,11-12,26H,2-4,9-10H2,1H3,(H,25,30)/b27-17+. The first kappa shape index (κ1) is 23.8. The number of hydrogen-bond acceptors (Lipinski definition) is 10. The average Bonchev–Trinajstić information content (AvgIpc) is 3.24. The van der Waals surface area contributed by atoms with Crippen LogP contribution in [0.25, 0.3) is 0 Å². The van der Waals surface area contributed by atoms with Crippen LogP contribution in [0.2, 0.25) is 0 Å². The van der Waals surface area contributed by atoms with Crippen molar-refractivity contribution in [1.29, 1.82) is 0 Å². The van der Waals surface area contributed by atoms with Crippen LogP contribution in [0.15, 0.2) is 45.9 Å². The Morgan fingerprint density at radius 3 is 2.54 bits per heavy atom. The predicted molar refractivity (Wildman–Crippen MR) is 132 cm³/mol. The van der Waals surface area contributed by atoms with E-state index in [0.29, 0.717) is 72.3 Å². The molecule has 13 nitrogen and oxygen atoms in total. The molecule has 1 amide bonds. The van der Waals surface area contributed by atoms with Gasteiger partial charge in [0.1, 0.15) is 24.7 Å². The lowest BCUT2D eigenvalue weighted by atomic mass is 9.93. The van der Waals surface area contributed by atoms with Gasteiger partial charge < -0.3 is 19.2 Å². The van der Waals surface area contributed by atoms with Gasteiger partial charge >= 0.3 is 5.69 Å². The third kappa shape index (κ3) is 4.66. The second kappa shape index (κ2) is 9.60. The molecular formula is C24H21N5O8. The van der Waals surface area contributed by atoms with Crippen molar-refractivity contribution in [1.82, 2.24) is 0 Å². The molecule has 3 aromatic rings. The van der Waals surface area contributed by atoms with Gasteiger partial charge in [0.25, 0.3) is 11.6 Å². The maximum atomic E-state index is 13.1. The number of carbonyl (C=O) groups excluding carboxylic acids is 1. The Balaban J connectivity index is 1.40. The Hall–Kier alpha value is -4.94. The van der Waals surface area contributed by atoms with Gasteiger partial charge in [0.2, 0.25) is 0 Å². The average molecular weight is 507 g/mol. The van der Waals surface area contributed by atoms with Crippen LogP contribution in [0.4, 0.5) is 22.7 Å². The SMILES string of the molecule is Cc1c(C(=O)Nc2ccc3c(c2)OCCO3)oc2c1/C(=N/Nc1ccc([N+](=O)[O-])cc1[N+](=O)[O-])CCC2. The minimum absolute atomic E-state index is 0.00736.